The number of aromatic nitrogens is 2. The molecule has 0 fully saturated rings. The van der Waals surface area contributed by atoms with Crippen molar-refractivity contribution in [3.8, 4) is 11.4 Å². The first kappa shape index (κ1) is 13.6. The molecule has 1 aromatic carbocycles. The molecule has 2 aromatic rings. The van der Waals surface area contributed by atoms with Gasteiger partial charge in [-0.05, 0) is 40.0 Å². The first-order chi connectivity index (χ1) is 9.11. The molecule has 1 heterocycles. The second-order valence-corrected chi connectivity index (χ2v) is 4.85. The van der Waals surface area contributed by atoms with Crippen molar-refractivity contribution in [1.82, 2.24) is 15.1 Å². The van der Waals surface area contributed by atoms with Crippen molar-refractivity contribution in [2.45, 2.75) is 33.4 Å². The maximum Gasteiger partial charge on any atom is 0.145 e. The molecule has 0 aliphatic rings. The molecule has 19 heavy (non-hydrogen) atoms. The summed E-state index contributed by atoms with van der Waals surface area (Å²) in [5.74, 6) is 0.857. The van der Waals surface area contributed by atoms with Crippen molar-refractivity contribution >= 4 is 0 Å². The van der Waals surface area contributed by atoms with Crippen molar-refractivity contribution in [1.29, 1.82) is 0 Å². The molecule has 0 saturated heterocycles. The molecule has 0 amide bonds. The van der Waals surface area contributed by atoms with Crippen LogP contribution < -0.4 is 10.1 Å². The number of hydrogen-bond donors (Lipinski definition) is 1. The Hall–Kier alpha value is -1.81. The largest absolute Gasteiger partial charge is 0.489 e. The third kappa shape index (κ3) is 3.15. The molecule has 0 spiro atoms. The number of nitrogens with zero attached hydrogens (tertiary/aromatic N) is 2. The fraction of sp³-hybridized carbons (Fsp3) is 0.400. The van der Waals surface area contributed by atoms with Gasteiger partial charge in [-0.25, -0.2) is 4.68 Å². The Morgan fingerprint density at radius 3 is 2.74 bits per heavy atom. The van der Waals surface area contributed by atoms with Crippen LogP contribution in [0.15, 0.2) is 30.5 Å². The van der Waals surface area contributed by atoms with Gasteiger partial charge in [0.2, 0.25) is 0 Å². The third-order valence-electron chi connectivity index (χ3n) is 2.84. The van der Waals surface area contributed by atoms with Crippen LogP contribution in [0.1, 0.15) is 25.1 Å². The van der Waals surface area contributed by atoms with E-state index in [1.54, 1.807) is 0 Å². The van der Waals surface area contributed by atoms with E-state index in [0.29, 0.717) is 0 Å². The quantitative estimate of drug-likeness (QED) is 0.897. The monoisotopic (exact) mass is 259 g/mol. The minimum absolute atomic E-state index is 0.148. The van der Waals surface area contributed by atoms with E-state index in [1.165, 1.54) is 5.56 Å². The smallest absolute Gasteiger partial charge is 0.145 e. The standard InChI is InChI=1S/C15H21N3O/c1-11(2)19-15-8-6-5-7-14(15)18-10-13(9-16-4)12(3)17-18/h5-8,10-11,16H,9H2,1-4H3. The predicted octanol–water partition coefficient (Wildman–Crippen LogP) is 2.69. The van der Waals surface area contributed by atoms with Crippen molar-refractivity contribution in [3.05, 3.63) is 41.7 Å². The Bertz CT molecular complexity index is 546. The Balaban J connectivity index is 2.38. The molecule has 2 rings (SSSR count). The van der Waals surface area contributed by atoms with Gasteiger partial charge in [0.15, 0.2) is 0 Å². The lowest BCUT2D eigenvalue weighted by Gasteiger charge is -2.13. The summed E-state index contributed by atoms with van der Waals surface area (Å²) in [4.78, 5) is 0. The fourth-order valence-electron chi connectivity index (χ4n) is 1.98. The molecule has 0 saturated carbocycles. The highest BCUT2D eigenvalue weighted by atomic mass is 16.5. The van der Waals surface area contributed by atoms with Crippen LogP contribution in [0, 0.1) is 6.92 Å². The molecule has 0 radical (unpaired) electrons. The first-order valence-electron chi connectivity index (χ1n) is 6.57. The molecule has 1 aromatic heterocycles. The Morgan fingerprint density at radius 1 is 1.32 bits per heavy atom. The average molecular weight is 259 g/mol. The number of ether oxygens (including phenoxy) is 1. The van der Waals surface area contributed by atoms with Gasteiger partial charge in [0, 0.05) is 18.3 Å². The van der Waals surface area contributed by atoms with E-state index in [2.05, 4.69) is 10.4 Å². The number of benzene rings is 1. The number of para-hydroxylation sites is 2. The zero-order chi connectivity index (χ0) is 13.8. The van der Waals surface area contributed by atoms with Gasteiger partial charge in [0.05, 0.1) is 11.8 Å². The minimum atomic E-state index is 0.148. The van der Waals surface area contributed by atoms with Gasteiger partial charge in [0.25, 0.3) is 0 Å². The molecule has 102 valence electrons. The molecule has 0 bridgehead atoms. The lowest BCUT2D eigenvalue weighted by Crippen LogP contribution is -2.08. The summed E-state index contributed by atoms with van der Waals surface area (Å²) >= 11 is 0. The molecule has 4 heteroatoms. The number of hydrogen-bond acceptors (Lipinski definition) is 3. The van der Waals surface area contributed by atoms with E-state index >= 15 is 0 Å². The van der Waals surface area contributed by atoms with E-state index in [4.69, 9.17) is 4.74 Å². The van der Waals surface area contributed by atoms with E-state index in [9.17, 15) is 0 Å². The highest BCUT2D eigenvalue weighted by Gasteiger charge is 2.10. The Labute approximate surface area is 114 Å². The molecule has 4 nitrogen and oxygen atoms in total. The topological polar surface area (TPSA) is 39.1 Å². The Morgan fingerprint density at radius 2 is 2.05 bits per heavy atom. The summed E-state index contributed by atoms with van der Waals surface area (Å²) in [6.07, 6.45) is 2.20. The molecular formula is C15H21N3O. The maximum atomic E-state index is 5.83. The Kier molecular flexibility index (Phi) is 4.22. The van der Waals surface area contributed by atoms with Gasteiger partial charge in [-0.3, -0.25) is 0 Å². The van der Waals surface area contributed by atoms with Gasteiger partial charge in [-0.1, -0.05) is 12.1 Å². The van der Waals surface area contributed by atoms with Crippen LogP contribution >= 0.6 is 0 Å². The summed E-state index contributed by atoms with van der Waals surface area (Å²) in [7, 11) is 1.94. The second-order valence-electron chi connectivity index (χ2n) is 4.85. The van der Waals surface area contributed by atoms with Crippen LogP contribution in [-0.2, 0) is 6.54 Å². The van der Waals surface area contributed by atoms with Gasteiger partial charge in [0.1, 0.15) is 11.4 Å². The number of aryl methyl sites for hydroxylation is 1. The molecule has 0 aliphatic carbocycles. The van der Waals surface area contributed by atoms with E-state index in [-0.39, 0.29) is 6.10 Å². The molecule has 0 atom stereocenters. The highest BCUT2D eigenvalue weighted by Crippen LogP contribution is 2.24. The second kappa shape index (κ2) is 5.89. The van der Waals surface area contributed by atoms with Gasteiger partial charge in [-0.15, -0.1) is 0 Å². The first-order valence-corrected chi connectivity index (χ1v) is 6.57. The zero-order valence-electron chi connectivity index (χ0n) is 12.0. The summed E-state index contributed by atoms with van der Waals surface area (Å²) in [5.41, 5.74) is 3.21. The van der Waals surface area contributed by atoms with Crippen molar-refractivity contribution in [2.24, 2.45) is 0 Å². The van der Waals surface area contributed by atoms with E-state index in [1.807, 2.05) is 63.0 Å². The molecule has 0 unspecified atom stereocenters. The maximum absolute atomic E-state index is 5.83. The molecular weight excluding hydrogens is 238 g/mol. The van der Waals surface area contributed by atoms with Gasteiger partial charge in [-0.2, -0.15) is 5.10 Å². The van der Waals surface area contributed by atoms with Crippen LogP contribution in [0.25, 0.3) is 5.69 Å². The van der Waals surface area contributed by atoms with Gasteiger partial charge < -0.3 is 10.1 Å². The number of nitrogens with one attached hydrogen (secondary N) is 1. The van der Waals surface area contributed by atoms with Crippen LogP contribution in [0.3, 0.4) is 0 Å². The van der Waals surface area contributed by atoms with Crippen LogP contribution in [0.2, 0.25) is 0 Å². The average Bonchev–Trinajstić information content (AvgIpc) is 2.71. The lowest BCUT2D eigenvalue weighted by atomic mass is 10.2. The van der Waals surface area contributed by atoms with Gasteiger partial charge >= 0.3 is 0 Å². The van der Waals surface area contributed by atoms with E-state index in [0.717, 1.165) is 23.7 Å². The summed E-state index contributed by atoms with van der Waals surface area (Å²) in [6.45, 7) is 6.89. The fourth-order valence-corrected chi connectivity index (χ4v) is 1.98. The third-order valence-corrected chi connectivity index (χ3v) is 2.84. The van der Waals surface area contributed by atoms with Crippen LogP contribution in [0.4, 0.5) is 0 Å². The van der Waals surface area contributed by atoms with Crippen LogP contribution in [0.5, 0.6) is 5.75 Å². The van der Waals surface area contributed by atoms with Crippen molar-refractivity contribution in [2.75, 3.05) is 7.05 Å². The van der Waals surface area contributed by atoms with Crippen molar-refractivity contribution in [3.63, 3.8) is 0 Å². The SMILES string of the molecule is CNCc1cn(-c2ccccc2OC(C)C)nc1C. The predicted molar refractivity (Wildman–Crippen MR) is 76.8 cm³/mol. The summed E-state index contributed by atoms with van der Waals surface area (Å²) in [6, 6.07) is 7.97. The molecule has 1 N–H and O–H groups in total. The highest BCUT2D eigenvalue weighted by molar-refractivity contribution is 5.46. The zero-order valence-corrected chi connectivity index (χ0v) is 12.0. The number of rotatable bonds is 5. The van der Waals surface area contributed by atoms with Crippen molar-refractivity contribution < 1.29 is 4.74 Å². The van der Waals surface area contributed by atoms with Crippen LogP contribution in [-0.4, -0.2) is 22.9 Å². The normalized spacial score (nSPS) is 11.0. The lowest BCUT2D eigenvalue weighted by molar-refractivity contribution is 0.241. The minimum Gasteiger partial charge on any atom is -0.489 e. The molecule has 0 aliphatic heterocycles. The summed E-state index contributed by atoms with van der Waals surface area (Å²) in [5, 5.41) is 7.72. The summed E-state index contributed by atoms with van der Waals surface area (Å²) < 4.78 is 7.72. The van der Waals surface area contributed by atoms with E-state index < -0.39 is 0 Å².